The fraction of sp³-hybridized carbons (Fsp3) is 0.286. The number of aryl methyl sites for hydroxylation is 2. The highest BCUT2D eigenvalue weighted by molar-refractivity contribution is 6.31. The van der Waals surface area contributed by atoms with E-state index in [9.17, 15) is 9.18 Å². The Morgan fingerprint density at radius 2 is 2.26 bits per heavy atom. The number of aromatic nitrogens is 2. The summed E-state index contributed by atoms with van der Waals surface area (Å²) in [4.78, 5) is 16.0. The molecule has 2 rings (SSSR count). The smallest absolute Gasteiger partial charge is 0.137 e. The van der Waals surface area contributed by atoms with Gasteiger partial charge in [0.2, 0.25) is 0 Å². The van der Waals surface area contributed by atoms with Crippen LogP contribution in [0.4, 0.5) is 4.39 Å². The van der Waals surface area contributed by atoms with Gasteiger partial charge in [-0.1, -0.05) is 17.7 Å². The van der Waals surface area contributed by atoms with Crippen molar-refractivity contribution in [2.75, 3.05) is 0 Å². The number of rotatable bonds is 5. The number of Topliss-reactive ketones (excluding diaryl/α,β-unsaturated/α-hetero) is 1. The van der Waals surface area contributed by atoms with Crippen molar-refractivity contribution in [3.63, 3.8) is 0 Å². The first-order valence-corrected chi connectivity index (χ1v) is 6.36. The molecule has 0 spiro atoms. The number of carbonyl (C=O) groups excluding carboxylic acids is 1. The van der Waals surface area contributed by atoms with Crippen LogP contribution in [0.3, 0.4) is 0 Å². The van der Waals surface area contributed by atoms with Gasteiger partial charge < -0.3 is 4.57 Å². The van der Waals surface area contributed by atoms with E-state index in [-0.39, 0.29) is 17.8 Å². The zero-order chi connectivity index (χ0) is 13.8. The van der Waals surface area contributed by atoms with Crippen LogP contribution in [0.15, 0.2) is 30.6 Å². The molecule has 5 heteroatoms. The topological polar surface area (TPSA) is 34.9 Å². The largest absolute Gasteiger partial charge is 0.338 e. The number of hydrogen-bond acceptors (Lipinski definition) is 2. The van der Waals surface area contributed by atoms with Crippen LogP contribution in [0.25, 0.3) is 0 Å². The summed E-state index contributed by atoms with van der Waals surface area (Å²) in [5, 5.41) is 0.297. The number of imidazole rings is 1. The molecule has 19 heavy (non-hydrogen) atoms. The zero-order valence-electron chi connectivity index (χ0n) is 10.6. The van der Waals surface area contributed by atoms with Crippen LogP contribution in [0.1, 0.15) is 17.8 Å². The lowest BCUT2D eigenvalue weighted by atomic mass is 10.0. The molecule has 0 unspecified atom stereocenters. The van der Waals surface area contributed by atoms with Gasteiger partial charge in [-0.05, 0) is 12.1 Å². The molecular weight excluding hydrogens is 267 g/mol. The number of nitrogens with zero attached hydrogens (tertiary/aromatic N) is 2. The molecule has 3 nitrogen and oxygen atoms in total. The third-order valence-electron chi connectivity index (χ3n) is 2.98. The summed E-state index contributed by atoms with van der Waals surface area (Å²) >= 11 is 5.89. The molecule has 0 atom stereocenters. The Hall–Kier alpha value is -1.68. The predicted octanol–water partition coefficient (Wildman–Crippen LogP) is 2.96. The monoisotopic (exact) mass is 280 g/mol. The lowest BCUT2D eigenvalue weighted by Crippen LogP contribution is -2.08. The molecule has 0 aliphatic heterocycles. The van der Waals surface area contributed by atoms with E-state index in [1.54, 1.807) is 12.3 Å². The molecule has 0 amide bonds. The van der Waals surface area contributed by atoms with Crippen molar-refractivity contribution in [2.24, 2.45) is 7.05 Å². The molecule has 0 aliphatic carbocycles. The highest BCUT2D eigenvalue weighted by Crippen LogP contribution is 2.20. The van der Waals surface area contributed by atoms with Crippen LogP contribution in [0, 0.1) is 5.82 Å². The van der Waals surface area contributed by atoms with Gasteiger partial charge in [-0.3, -0.25) is 4.79 Å². The summed E-state index contributed by atoms with van der Waals surface area (Å²) in [5.74, 6) is 0.362. The van der Waals surface area contributed by atoms with Crippen LogP contribution in [0.5, 0.6) is 0 Å². The van der Waals surface area contributed by atoms with Crippen LogP contribution in [-0.2, 0) is 24.7 Å². The van der Waals surface area contributed by atoms with E-state index < -0.39 is 5.82 Å². The Kier molecular flexibility index (Phi) is 4.32. The predicted molar refractivity (Wildman–Crippen MR) is 71.7 cm³/mol. The van der Waals surface area contributed by atoms with Crippen molar-refractivity contribution in [3.05, 3.63) is 52.8 Å². The van der Waals surface area contributed by atoms with Gasteiger partial charge in [-0.15, -0.1) is 0 Å². The van der Waals surface area contributed by atoms with Crippen LogP contribution in [0.2, 0.25) is 5.02 Å². The number of halogens is 2. The lowest BCUT2D eigenvalue weighted by molar-refractivity contribution is -0.118. The van der Waals surface area contributed by atoms with Gasteiger partial charge >= 0.3 is 0 Å². The summed E-state index contributed by atoms with van der Waals surface area (Å²) in [6.45, 7) is 0. The van der Waals surface area contributed by atoms with E-state index in [0.29, 0.717) is 17.9 Å². The van der Waals surface area contributed by atoms with E-state index in [1.807, 2.05) is 17.8 Å². The minimum Gasteiger partial charge on any atom is -0.338 e. The van der Waals surface area contributed by atoms with Crippen molar-refractivity contribution in [3.8, 4) is 0 Å². The summed E-state index contributed by atoms with van der Waals surface area (Å²) in [6.07, 6.45) is 4.42. The van der Waals surface area contributed by atoms with Crippen LogP contribution in [-0.4, -0.2) is 15.3 Å². The zero-order valence-corrected chi connectivity index (χ0v) is 11.3. The maximum atomic E-state index is 13.5. The number of ketones is 1. The van der Waals surface area contributed by atoms with E-state index in [2.05, 4.69) is 4.98 Å². The summed E-state index contributed by atoms with van der Waals surface area (Å²) in [5.41, 5.74) is 0.272. The fourth-order valence-electron chi connectivity index (χ4n) is 1.88. The molecule has 0 saturated heterocycles. The summed E-state index contributed by atoms with van der Waals surface area (Å²) < 4.78 is 15.4. The molecule has 1 aromatic heterocycles. The normalized spacial score (nSPS) is 10.7. The van der Waals surface area contributed by atoms with E-state index in [1.165, 1.54) is 12.1 Å². The highest BCUT2D eigenvalue weighted by atomic mass is 35.5. The molecule has 1 aromatic carbocycles. The molecule has 0 saturated carbocycles. The van der Waals surface area contributed by atoms with Gasteiger partial charge in [-0.2, -0.15) is 0 Å². The molecule has 0 radical (unpaired) electrons. The Morgan fingerprint density at radius 3 is 2.89 bits per heavy atom. The van der Waals surface area contributed by atoms with Gasteiger partial charge in [0, 0.05) is 49.3 Å². The molecule has 1 heterocycles. The van der Waals surface area contributed by atoms with Crippen molar-refractivity contribution >= 4 is 17.4 Å². The first-order valence-electron chi connectivity index (χ1n) is 5.98. The average Bonchev–Trinajstić information content (AvgIpc) is 2.77. The minimum absolute atomic E-state index is 0.0237. The highest BCUT2D eigenvalue weighted by Gasteiger charge is 2.12. The number of benzene rings is 1. The fourth-order valence-corrected chi connectivity index (χ4v) is 2.11. The molecule has 0 N–H and O–H groups in total. The summed E-state index contributed by atoms with van der Waals surface area (Å²) in [6, 6.07) is 4.43. The molecule has 2 aromatic rings. The second kappa shape index (κ2) is 5.97. The third-order valence-corrected chi connectivity index (χ3v) is 3.34. The number of carbonyl (C=O) groups is 1. The van der Waals surface area contributed by atoms with Crippen molar-refractivity contribution in [1.29, 1.82) is 0 Å². The molecule has 0 aliphatic rings. The van der Waals surface area contributed by atoms with Crippen LogP contribution >= 0.6 is 11.6 Å². The van der Waals surface area contributed by atoms with E-state index >= 15 is 0 Å². The molecule has 100 valence electrons. The Bertz CT molecular complexity index is 575. The van der Waals surface area contributed by atoms with Gasteiger partial charge in [-0.25, -0.2) is 9.37 Å². The third kappa shape index (κ3) is 3.41. The van der Waals surface area contributed by atoms with Gasteiger partial charge in [0.15, 0.2) is 0 Å². The van der Waals surface area contributed by atoms with Gasteiger partial charge in [0.25, 0.3) is 0 Å². The standard InChI is InChI=1S/C14H14ClFN2O/c1-18-8-7-17-14(18)6-5-10(19)9-11-12(15)3-2-4-13(11)16/h2-4,7-8H,5-6,9H2,1H3. The van der Waals surface area contributed by atoms with Crippen molar-refractivity contribution in [2.45, 2.75) is 19.3 Å². The second-order valence-electron chi connectivity index (χ2n) is 4.37. The Balaban J connectivity index is 1.97. The van der Waals surface area contributed by atoms with E-state index in [4.69, 9.17) is 11.6 Å². The minimum atomic E-state index is -0.433. The average molecular weight is 281 g/mol. The first kappa shape index (κ1) is 13.7. The van der Waals surface area contributed by atoms with E-state index in [0.717, 1.165) is 5.82 Å². The SMILES string of the molecule is Cn1ccnc1CCC(=O)Cc1c(F)cccc1Cl. The van der Waals surface area contributed by atoms with Gasteiger partial charge in [0.05, 0.1) is 0 Å². The van der Waals surface area contributed by atoms with Crippen LogP contribution < -0.4 is 0 Å². The molecular formula is C14H14ClFN2O. The molecule has 0 bridgehead atoms. The maximum Gasteiger partial charge on any atom is 0.137 e. The van der Waals surface area contributed by atoms with Gasteiger partial charge in [0.1, 0.15) is 17.4 Å². The number of hydrogen-bond donors (Lipinski definition) is 0. The quantitative estimate of drug-likeness (QED) is 0.844. The maximum absolute atomic E-state index is 13.5. The van der Waals surface area contributed by atoms with Crippen molar-refractivity contribution < 1.29 is 9.18 Å². The first-order chi connectivity index (χ1) is 9.08. The summed E-state index contributed by atoms with van der Waals surface area (Å²) in [7, 11) is 1.88. The Morgan fingerprint density at radius 1 is 1.47 bits per heavy atom. The molecule has 0 fully saturated rings. The van der Waals surface area contributed by atoms with Crippen molar-refractivity contribution in [1.82, 2.24) is 9.55 Å². The Labute approximate surface area is 116 Å². The lowest BCUT2D eigenvalue weighted by Gasteiger charge is -2.05. The second-order valence-corrected chi connectivity index (χ2v) is 4.78.